The number of benzene rings is 2. The van der Waals surface area contributed by atoms with E-state index in [4.69, 9.17) is 0 Å². The molecule has 1 atom stereocenters. The second-order valence-corrected chi connectivity index (χ2v) is 8.43. The first kappa shape index (κ1) is 22.5. The highest BCUT2D eigenvalue weighted by Crippen LogP contribution is 2.30. The maximum atomic E-state index is 13.2. The van der Waals surface area contributed by atoms with Crippen molar-refractivity contribution in [3.63, 3.8) is 0 Å². The zero-order chi connectivity index (χ0) is 22.8. The number of nitrogens with one attached hydrogen (secondary N) is 2. The quantitative estimate of drug-likeness (QED) is 0.653. The molecule has 6 nitrogen and oxygen atoms in total. The minimum Gasteiger partial charge on any atom is -0.324 e. The fraction of sp³-hybridized carbons (Fsp3) is 0.400. The molecule has 164 valence electrons. The van der Waals surface area contributed by atoms with Gasteiger partial charge in [-0.15, -0.1) is 0 Å². The van der Waals surface area contributed by atoms with Crippen LogP contribution in [0, 0.1) is 0 Å². The van der Waals surface area contributed by atoms with Gasteiger partial charge in [-0.2, -0.15) is 0 Å². The summed E-state index contributed by atoms with van der Waals surface area (Å²) in [5.41, 5.74) is 3.49. The van der Waals surface area contributed by atoms with Crippen molar-refractivity contribution in [2.24, 2.45) is 0 Å². The molecule has 1 unspecified atom stereocenters. The Hall–Kier alpha value is -3.15. The molecule has 1 aliphatic heterocycles. The number of para-hydroxylation sites is 1. The number of carbonyl (C=O) groups is 3. The van der Waals surface area contributed by atoms with Crippen LogP contribution in [0.25, 0.3) is 0 Å². The van der Waals surface area contributed by atoms with Crippen LogP contribution in [0.4, 0.5) is 10.5 Å². The van der Waals surface area contributed by atoms with Crippen LogP contribution < -0.4 is 10.6 Å². The molecule has 1 aliphatic rings. The Morgan fingerprint density at radius 3 is 2.13 bits per heavy atom. The fourth-order valence-electron chi connectivity index (χ4n) is 3.96. The van der Waals surface area contributed by atoms with Crippen LogP contribution in [0.3, 0.4) is 0 Å². The smallest absolute Gasteiger partial charge is 0.324 e. The molecule has 1 saturated heterocycles. The molecule has 0 bridgehead atoms. The van der Waals surface area contributed by atoms with Gasteiger partial charge in [0.05, 0.1) is 0 Å². The molecule has 0 radical (unpaired) electrons. The summed E-state index contributed by atoms with van der Waals surface area (Å²) in [5, 5.41) is 5.69. The summed E-state index contributed by atoms with van der Waals surface area (Å²) < 4.78 is 0. The lowest BCUT2D eigenvalue weighted by atomic mass is 9.90. The highest BCUT2D eigenvalue weighted by atomic mass is 16.2. The Morgan fingerprint density at radius 2 is 1.61 bits per heavy atom. The van der Waals surface area contributed by atoms with E-state index in [9.17, 15) is 14.4 Å². The maximum Gasteiger partial charge on any atom is 0.325 e. The summed E-state index contributed by atoms with van der Waals surface area (Å²) in [4.78, 5) is 39.5. The van der Waals surface area contributed by atoms with E-state index in [0.29, 0.717) is 11.5 Å². The first-order valence-electron chi connectivity index (χ1n) is 10.9. The molecule has 0 spiro atoms. The monoisotopic (exact) mass is 421 g/mol. The van der Waals surface area contributed by atoms with Crippen LogP contribution in [0.5, 0.6) is 0 Å². The SMILES string of the molecule is CCc1cccc(CC)c1NC(=O)CN1C(=O)NC(C)(c2ccc(C(C)C)cc2)C1=O. The largest absolute Gasteiger partial charge is 0.325 e. The molecule has 3 rings (SSSR count). The van der Waals surface area contributed by atoms with Crippen LogP contribution in [-0.2, 0) is 28.0 Å². The maximum absolute atomic E-state index is 13.2. The molecular formula is C25H31N3O3. The molecule has 1 heterocycles. The van der Waals surface area contributed by atoms with E-state index in [-0.39, 0.29) is 6.54 Å². The lowest BCUT2D eigenvalue weighted by Crippen LogP contribution is -2.42. The summed E-state index contributed by atoms with van der Waals surface area (Å²) in [7, 11) is 0. The normalized spacial score (nSPS) is 18.5. The van der Waals surface area contributed by atoms with Gasteiger partial charge in [-0.05, 0) is 47.9 Å². The molecule has 0 aliphatic carbocycles. The van der Waals surface area contributed by atoms with Gasteiger partial charge < -0.3 is 10.6 Å². The van der Waals surface area contributed by atoms with Crippen LogP contribution in [0.15, 0.2) is 42.5 Å². The zero-order valence-corrected chi connectivity index (χ0v) is 18.9. The number of imide groups is 1. The Morgan fingerprint density at radius 1 is 1.03 bits per heavy atom. The predicted octanol–water partition coefficient (Wildman–Crippen LogP) is 4.34. The van der Waals surface area contributed by atoms with Crippen LogP contribution >= 0.6 is 0 Å². The number of hydrogen-bond donors (Lipinski definition) is 2. The van der Waals surface area contributed by atoms with Crippen molar-refractivity contribution in [3.8, 4) is 0 Å². The van der Waals surface area contributed by atoms with E-state index in [1.807, 2.05) is 56.3 Å². The highest BCUT2D eigenvalue weighted by Gasteiger charge is 2.49. The number of aryl methyl sites for hydroxylation is 2. The second-order valence-electron chi connectivity index (χ2n) is 8.43. The van der Waals surface area contributed by atoms with Crippen molar-refractivity contribution >= 4 is 23.5 Å². The first-order chi connectivity index (χ1) is 14.7. The minimum absolute atomic E-state index is 0.328. The summed E-state index contributed by atoms with van der Waals surface area (Å²) in [6.07, 6.45) is 1.55. The molecule has 1 fully saturated rings. The summed E-state index contributed by atoms with van der Waals surface area (Å²) >= 11 is 0. The summed E-state index contributed by atoms with van der Waals surface area (Å²) in [6, 6.07) is 13.0. The van der Waals surface area contributed by atoms with Gasteiger partial charge in [0.2, 0.25) is 5.91 Å². The third-order valence-electron chi connectivity index (χ3n) is 5.99. The third-order valence-corrected chi connectivity index (χ3v) is 5.99. The Kier molecular flexibility index (Phi) is 6.48. The molecule has 2 aromatic rings. The Balaban J connectivity index is 1.78. The van der Waals surface area contributed by atoms with Gasteiger partial charge in [-0.1, -0.05) is 70.2 Å². The van der Waals surface area contributed by atoms with Gasteiger partial charge in [0.15, 0.2) is 0 Å². The van der Waals surface area contributed by atoms with Crippen molar-refractivity contribution < 1.29 is 14.4 Å². The number of anilines is 1. The van der Waals surface area contributed by atoms with Gasteiger partial charge in [0.1, 0.15) is 12.1 Å². The van der Waals surface area contributed by atoms with Gasteiger partial charge in [-0.25, -0.2) is 4.79 Å². The predicted molar refractivity (Wildman–Crippen MR) is 122 cm³/mol. The average Bonchev–Trinajstić information content (AvgIpc) is 2.97. The van der Waals surface area contributed by atoms with Crippen LogP contribution in [0.1, 0.15) is 62.8 Å². The second kappa shape index (κ2) is 8.92. The molecule has 0 aromatic heterocycles. The summed E-state index contributed by atoms with van der Waals surface area (Å²) in [6.45, 7) is 9.60. The number of amides is 4. The highest BCUT2D eigenvalue weighted by molar-refractivity contribution is 6.10. The van der Waals surface area contributed by atoms with Gasteiger partial charge in [0.25, 0.3) is 5.91 Å². The first-order valence-corrected chi connectivity index (χ1v) is 10.9. The van der Waals surface area contributed by atoms with E-state index in [0.717, 1.165) is 40.1 Å². The van der Waals surface area contributed by atoms with E-state index >= 15 is 0 Å². The molecule has 31 heavy (non-hydrogen) atoms. The van der Waals surface area contributed by atoms with Gasteiger partial charge >= 0.3 is 6.03 Å². The van der Waals surface area contributed by atoms with Gasteiger partial charge in [-0.3, -0.25) is 14.5 Å². The molecule has 0 saturated carbocycles. The van der Waals surface area contributed by atoms with Crippen LogP contribution in [-0.4, -0.2) is 29.3 Å². The van der Waals surface area contributed by atoms with Gasteiger partial charge in [0, 0.05) is 5.69 Å². The average molecular weight is 422 g/mol. The number of urea groups is 1. The standard InChI is InChI=1S/C25H31N3O3/c1-6-17-9-8-10-18(7-2)22(17)26-21(29)15-28-23(30)25(5,27-24(28)31)20-13-11-19(12-14-20)16(3)4/h8-14,16H,6-7,15H2,1-5H3,(H,26,29)(H,27,31). The topological polar surface area (TPSA) is 78.5 Å². The third kappa shape index (κ3) is 4.33. The lowest BCUT2D eigenvalue weighted by molar-refractivity contribution is -0.133. The molecule has 4 amide bonds. The Labute approximate surface area is 184 Å². The Bertz CT molecular complexity index is 975. The zero-order valence-electron chi connectivity index (χ0n) is 18.9. The molecule has 2 N–H and O–H groups in total. The lowest BCUT2D eigenvalue weighted by Gasteiger charge is -2.23. The number of nitrogens with zero attached hydrogens (tertiary/aromatic N) is 1. The fourth-order valence-corrected chi connectivity index (χ4v) is 3.96. The number of hydrogen-bond acceptors (Lipinski definition) is 3. The number of carbonyl (C=O) groups excluding carboxylic acids is 3. The van der Waals surface area contributed by atoms with E-state index in [2.05, 4.69) is 24.5 Å². The van der Waals surface area contributed by atoms with E-state index in [1.165, 1.54) is 0 Å². The molecule has 6 heteroatoms. The number of rotatable bonds is 7. The van der Waals surface area contributed by atoms with Crippen molar-refractivity contribution in [1.82, 2.24) is 10.2 Å². The van der Waals surface area contributed by atoms with Crippen molar-refractivity contribution in [2.45, 2.75) is 58.9 Å². The van der Waals surface area contributed by atoms with Crippen molar-refractivity contribution in [3.05, 3.63) is 64.7 Å². The molecular weight excluding hydrogens is 390 g/mol. The van der Waals surface area contributed by atoms with Crippen molar-refractivity contribution in [1.29, 1.82) is 0 Å². The van der Waals surface area contributed by atoms with Crippen molar-refractivity contribution in [2.75, 3.05) is 11.9 Å². The van der Waals surface area contributed by atoms with E-state index in [1.54, 1.807) is 6.92 Å². The minimum atomic E-state index is -1.19. The molecule has 2 aromatic carbocycles. The van der Waals surface area contributed by atoms with Crippen LogP contribution in [0.2, 0.25) is 0 Å². The summed E-state index contributed by atoms with van der Waals surface area (Å²) in [5.74, 6) is -0.446. The van der Waals surface area contributed by atoms with E-state index < -0.39 is 23.4 Å².